The molecule has 1 heterocycles. The van der Waals surface area contributed by atoms with Gasteiger partial charge in [-0.05, 0) is 37.3 Å². The molecule has 0 saturated heterocycles. The van der Waals surface area contributed by atoms with Crippen molar-refractivity contribution in [3.05, 3.63) is 60.5 Å². The van der Waals surface area contributed by atoms with Gasteiger partial charge in [0.25, 0.3) is 0 Å². The van der Waals surface area contributed by atoms with Crippen LogP contribution in [0.15, 0.2) is 59.3 Å². The van der Waals surface area contributed by atoms with Crippen molar-refractivity contribution in [2.45, 2.75) is 13.0 Å². The minimum atomic E-state index is 0.000421. The van der Waals surface area contributed by atoms with E-state index >= 15 is 0 Å². The molecule has 21 heavy (non-hydrogen) atoms. The molecule has 106 valence electrons. The molecule has 2 N–H and O–H groups in total. The minimum absolute atomic E-state index is 0.000421. The molecule has 0 radical (unpaired) electrons. The molecule has 5 nitrogen and oxygen atoms in total. The van der Waals surface area contributed by atoms with E-state index in [1.54, 1.807) is 6.07 Å². The fourth-order valence-corrected chi connectivity index (χ4v) is 2.19. The van der Waals surface area contributed by atoms with E-state index < -0.39 is 0 Å². The van der Waals surface area contributed by atoms with Crippen LogP contribution in [0.3, 0.4) is 0 Å². The Labute approximate surface area is 122 Å². The van der Waals surface area contributed by atoms with Crippen LogP contribution < -0.4 is 5.32 Å². The summed E-state index contributed by atoms with van der Waals surface area (Å²) in [5, 5.41) is 20.7. The average molecular weight is 281 g/mol. The first-order valence-corrected chi connectivity index (χ1v) is 6.65. The molecule has 0 bridgehead atoms. The van der Waals surface area contributed by atoms with E-state index in [4.69, 9.17) is 4.42 Å². The Morgan fingerprint density at radius 2 is 1.86 bits per heavy atom. The zero-order chi connectivity index (χ0) is 14.7. The van der Waals surface area contributed by atoms with Gasteiger partial charge in [0.05, 0.1) is 6.04 Å². The zero-order valence-electron chi connectivity index (χ0n) is 11.5. The van der Waals surface area contributed by atoms with Gasteiger partial charge in [-0.1, -0.05) is 18.2 Å². The van der Waals surface area contributed by atoms with Gasteiger partial charge >= 0.3 is 0 Å². The monoisotopic (exact) mass is 281 g/mol. The summed E-state index contributed by atoms with van der Waals surface area (Å²) >= 11 is 0. The highest BCUT2D eigenvalue weighted by Gasteiger charge is 2.10. The summed E-state index contributed by atoms with van der Waals surface area (Å²) in [7, 11) is 0. The highest BCUT2D eigenvalue weighted by atomic mass is 16.4. The second kappa shape index (κ2) is 5.66. The number of aromatic nitrogens is 2. The second-order valence-electron chi connectivity index (χ2n) is 4.75. The van der Waals surface area contributed by atoms with Crippen LogP contribution >= 0.6 is 0 Å². The number of nitrogens with one attached hydrogen (secondary N) is 1. The van der Waals surface area contributed by atoms with Gasteiger partial charge in [0.2, 0.25) is 12.3 Å². The zero-order valence-corrected chi connectivity index (χ0v) is 11.5. The van der Waals surface area contributed by atoms with Crippen molar-refractivity contribution in [2.75, 3.05) is 5.32 Å². The Bertz CT molecular complexity index is 709. The van der Waals surface area contributed by atoms with Crippen LogP contribution in [-0.2, 0) is 0 Å². The third-order valence-corrected chi connectivity index (χ3v) is 3.28. The lowest BCUT2D eigenvalue weighted by Crippen LogP contribution is -2.06. The molecule has 3 rings (SSSR count). The summed E-state index contributed by atoms with van der Waals surface area (Å²) in [6, 6.07) is 15.0. The molecular formula is C16H15N3O2. The van der Waals surface area contributed by atoms with Crippen LogP contribution in [-0.4, -0.2) is 15.3 Å². The highest BCUT2D eigenvalue weighted by molar-refractivity contribution is 5.58. The predicted octanol–water partition coefficient (Wildman–Crippen LogP) is 3.62. The van der Waals surface area contributed by atoms with Crippen LogP contribution in [0, 0.1) is 0 Å². The van der Waals surface area contributed by atoms with Gasteiger partial charge in [0.15, 0.2) is 0 Å². The number of nitrogens with zero attached hydrogens (tertiary/aromatic N) is 2. The van der Waals surface area contributed by atoms with Gasteiger partial charge in [-0.2, -0.15) is 0 Å². The Morgan fingerprint density at radius 1 is 1.10 bits per heavy atom. The van der Waals surface area contributed by atoms with Gasteiger partial charge in [-0.15, -0.1) is 10.2 Å². The van der Waals surface area contributed by atoms with Crippen molar-refractivity contribution >= 4 is 5.69 Å². The summed E-state index contributed by atoms with van der Waals surface area (Å²) in [5.74, 6) is 0.787. The van der Waals surface area contributed by atoms with Crippen LogP contribution in [0.2, 0.25) is 0 Å². The first-order valence-electron chi connectivity index (χ1n) is 6.65. The molecular weight excluding hydrogens is 266 g/mol. The number of hydrogen-bond acceptors (Lipinski definition) is 5. The molecule has 2 aromatic carbocycles. The highest BCUT2D eigenvalue weighted by Crippen LogP contribution is 2.27. The number of para-hydroxylation sites is 1. The minimum Gasteiger partial charge on any atom is -0.508 e. The van der Waals surface area contributed by atoms with E-state index in [2.05, 4.69) is 15.5 Å². The first-order chi connectivity index (χ1) is 10.2. The van der Waals surface area contributed by atoms with Crippen LogP contribution in [0.25, 0.3) is 11.5 Å². The van der Waals surface area contributed by atoms with E-state index in [0.717, 1.165) is 16.8 Å². The van der Waals surface area contributed by atoms with E-state index in [9.17, 15) is 5.11 Å². The van der Waals surface area contributed by atoms with Gasteiger partial charge < -0.3 is 14.8 Å². The van der Waals surface area contributed by atoms with E-state index in [1.807, 2.05) is 49.4 Å². The maximum Gasteiger partial charge on any atom is 0.247 e. The number of phenolic OH excluding ortho intramolecular Hbond substituents is 1. The number of rotatable bonds is 4. The number of phenols is 1. The standard InChI is InChI=1S/C16H15N3O2/c1-11(14-4-2-3-5-15(14)20)18-13-8-6-12(7-9-13)16-19-17-10-21-16/h2-11,18,20H,1H3. The van der Waals surface area contributed by atoms with Gasteiger partial charge in [-0.3, -0.25) is 0 Å². The largest absolute Gasteiger partial charge is 0.508 e. The number of hydrogen-bond donors (Lipinski definition) is 2. The molecule has 0 aliphatic rings. The molecule has 0 amide bonds. The summed E-state index contributed by atoms with van der Waals surface area (Å²) in [6.07, 6.45) is 1.31. The maximum atomic E-state index is 9.86. The lowest BCUT2D eigenvalue weighted by atomic mass is 10.1. The van der Waals surface area contributed by atoms with E-state index in [-0.39, 0.29) is 6.04 Å². The van der Waals surface area contributed by atoms with Crippen molar-refractivity contribution in [3.8, 4) is 17.2 Å². The summed E-state index contributed by atoms with van der Waals surface area (Å²) in [4.78, 5) is 0. The lowest BCUT2D eigenvalue weighted by molar-refractivity contribution is 0.465. The molecule has 1 aromatic heterocycles. The number of anilines is 1. The number of aromatic hydroxyl groups is 1. The molecule has 0 aliphatic heterocycles. The van der Waals surface area contributed by atoms with E-state index in [0.29, 0.717) is 11.6 Å². The molecule has 1 unspecified atom stereocenters. The third-order valence-electron chi connectivity index (χ3n) is 3.28. The third kappa shape index (κ3) is 2.86. The van der Waals surface area contributed by atoms with Crippen molar-refractivity contribution < 1.29 is 9.52 Å². The molecule has 0 spiro atoms. The molecule has 0 aliphatic carbocycles. The Hall–Kier alpha value is -2.82. The molecule has 5 heteroatoms. The lowest BCUT2D eigenvalue weighted by Gasteiger charge is -2.16. The second-order valence-corrected chi connectivity index (χ2v) is 4.75. The van der Waals surface area contributed by atoms with Crippen LogP contribution in [0.5, 0.6) is 5.75 Å². The molecule has 0 saturated carbocycles. The van der Waals surface area contributed by atoms with Crippen molar-refractivity contribution in [3.63, 3.8) is 0 Å². The van der Waals surface area contributed by atoms with Gasteiger partial charge in [0.1, 0.15) is 5.75 Å². The normalized spacial score (nSPS) is 12.0. The molecule has 3 aromatic rings. The Kier molecular flexibility index (Phi) is 3.55. The van der Waals surface area contributed by atoms with Gasteiger partial charge in [0, 0.05) is 16.8 Å². The maximum absolute atomic E-state index is 9.86. The van der Waals surface area contributed by atoms with Crippen LogP contribution in [0.4, 0.5) is 5.69 Å². The number of benzene rings is 2. The van der Waals surface area contributed by atoms with Crippen LogP contribution in [0.1, 0.15) is 18.5 Å². The van der Waals surface area contributed by atoms with Crippen molar-refractivity contribution in [1.29, 1.82) is 0 Å². The quantitative estimate of drug-likeness (QED) is 0.764. The molecule has 0 fully saturated rings. The topological polar surface area (TPSA) is 71.2 Å². The summed E-state index contributed by atoms with van der Waals surface area (Å²) < 4.78 is 5.15. The van der Waals surface area contributed by atoms with E-state index in [1.165, 1.54) is 6.39 Å². The summed E-state index contributed by atoms with van der Waals surface area (Å²) in [5.41, 5.74) is 2.68. The Balaban J connectivity index is 1.75. The first kappa shape index (κ1) is 13.2. The fourth-order valence-electron chi connectivity index (χ4n) is 2.19. The smallest absolute Gasteiger partial charge is 0.247 e. The molecule has 1 atom stereocenters. The fraction of sp³-hybridized carbons (Fsp3) is 0.125. The average Bonchev–Trinajstić information content (AvgIpc) is 3.02. The SMILES string of the molecule is CC(Nc1ccc(-c2nnco2)cc1)c1ccccc1O. The van der Waals surface area contributed by atoms with Gasteiger partial charge in [-0.25, -0.2) is 0 Å². The Morgan fingerprint density at radius 3 is 2.52 bits per heavy atom. The predicted molar refractivity (Wildman–Crippen MR) is 79.9 cm³/mol. The summed E-state index contributed by atoms with van der Waals surface area (Å²) in [6.45, 7) is 2.00. The van der Waals surface area contributed by atoms with Crippen molar-refractivity contribution in [2.24, 2.45) is 0 Å². The van der Waals surface area contributed by atoms with Crippen molar-refractivity contribution in [1.82, 2.24) is 10.2 Å².